The molecule has 0 aliphatic carbocycles. The Morgan fingerprint density at radius 3 is 2.88 bits per heavy atom. The highest BCUT2D eigenvalue weighted by Crippen LogP contribution is 2.19. The molecule has 0 saturated heterocycles. The molecule has 0 aliphatic heterocycles. The van der Waals surface area contributed by atoms with Gasteiger partial charge in [0.1, 0.15) is 5.82 Å². The Morgan fingerprint density at radius 2 is 2.25 bits per heavy atom. The molecule has 4 heteroatoms. The summed E-state index contributed by atoms with van der Waals surface area (Å²) in [6, 6.07) is 6.56. The van der Waals surface area contributed by atoms with Crippen LogP contribution in [0.5, 0.6) is 0 Å². The first kappa shape index (κ1) is 13.0. The molecule has 0 fully saturated rings. The number of halogens is 2. The second-order valence-electron chi connectivity index (χ2n) is 3.86. The summed E-state index contributed by atoms with van der Waals surface area (Å²) in [5.41, 5.74) is 0.744. The summed E-state index contributed by atoms with van der Waals surface area (Å²) in [6.07, 6.45) is 0.448. The van der Waals surface area contributed by atoms with Crippen molar-refractivity contribution < 1.29 is 4.39 Å². The van der Waals surface area contributed by atoms with Crippen LogP contribution in [0.1, 0.15) is 18.9 Å². The third kappa shape index (κ3) is 3.48. The van der Waals surface area contributed by atoms with Gasteiger partial charge < -0.3 is 0 Å². The van der Waals surface area contributed by atoms with Gasteiger partial charge in [0, 0.05) is 17.6 Å². The van der Waals surface area contributed by atoms with E-state index in [1.54, 1.807) is 6.07 Å². The zero-order valence-electron chi connectivity index (χ0n) is 9.37. The lowest BCUT2D eigenvalue weighted by molar-refractivity contribution is 0.252. The monoisotopic (exact) mass is 240 g/mol. The Bertz CT molecular complexity index is 400. The van der Waals surface area contributed by atoms with Crippen LogP contribution in [0.15, 0.2) is 18.2 Å². The first-order valence-corrected chi connectivity index (χ1v) is 5.43. The number of hydrogen-bond acceptors (Lipinski definition) is 2. The lowest BCUT2D eigenvalue weighted by Gasteiger charge is -2.23. The standard InChI is InChI=1S/C12H14ClFN2/c1-9(5-6-15)16(2)8-10-7-11(14)3-4-12(10)13/h3-4,7,9H,5,8H2,1-2H3. The molecule has 16 heavy (non-hydrogen) atoms. The maximum atomic E-state index is 13.0. The molecule has 1 aromatic rings. The Hall–Kier alpha value is -1.11. The van der Waals surface area contributed by atoms with E-state index in [1.165, 1.54) is 12.1 Å². The number of hydrogen-bond donors (Lipinski definition) is 0. The normalized spacial score (nSPS) is 12.5. The molecule has 0 spiro atoms. The third-order valence-corrected chi connectivity index (χ3v) is 2.94. The van der Waals surface area contributed by atoms with Gasteiger partial charge in [0.05, 0.1) is 12.5 Å². The van der Waals surface area contributed by atoms with E-state index in [-0.39, 0.29) is 11.9 Å². The van der Waals surface area contributed by atoms with Crippen molar-refractivity contribution in [2.75, 3.05) is 7.05 Å². The molecule has 86 valence electrons. The second-order valence-corrected chi connectivity index (χ2v) is 4.27. The number of nitrogens with zero attached hydrogens (tertiary/aromatic N) is 2. The number of rotatable bonds is 4. The van der Waals surface area contributed by atoms with Gasteiger partial charge in [-0.25, -0.2) is 4.39 Å². The molecule has 0 radical (unpaired) electrons. The zero-order chi connectivity index (χ0) is 12.1. The van der Waals surface area contributed by atoms with Crippen molar-refractivity contribution in [2.45, 2.75) is 25.9 Å². The van der Waals surface area contributed by atoms with E-state index in [0.717, 1.165) is 5.56 Å². The summed E-state index contributed by atoms with van der Waals surface area (Å²) in [5.74, 6) is -0.291. The van der Waals surface area contributed by atoms with Crippen LogP contribution < -0.4 is 0 Å². The molecule has 1 aromatic carbocycles. The lowest BCUT2D eigenvalue weighted by atomic mass is 10.1. The molecular formula is C12H14ClFN2. The van der Waals surface area contributed by atoms with Gasteiger partial charge in [0.25, 0.3) is 0 Å². The fourth-order valence-electron chi connectivity index (χ4n) is 1.38. The van der Waals surface area contributed by atoms with E-state index in [9.17, 15) is 4.39 Å². The van der Waals surface area contributed by atoms with Crippen molar-refractivity contribution in [2.24, 2.45) is 0 Å². The average molecular weight is 241 g/mol. The Kier molecular flexibility index (Phi) is 4.72. The summed E-state index contributed by atoms with van der Waals surface area (Å²) in [5, 5.41) is 9.14. The second kappa shape index (κ2) is 5.83. The predicted octanol–water partition coefficient (Wildman–Crippen LogP) is 3.21. The summed E-state index contributed by atoms with van der Waals surface area (Å²) in [6.45, 7) is 2.50. The first-order valence-electron chi connectivity index (χ1n) is 5.05. The van der Waals surface area contributed by atoms with Crippen LogP contribution in [0.25, 0.3) is 0 Å². The topological polar surface area (TPSA) is 27.0 Å². The fraction of sp³-hybridized carbons (Fsp3) is 0.417. The van der Waals surface area contributed by atoms with Crippen molar-refractivity contribution in [3.05, 3.63) is 34.6 Å². The summed E-state index contributed by atoms with van der Waals surface area (Å²) < 4.78 is 13.0. The van der Waals surface area contributed by atoms with Gasteiger partial charge >= 0.3 is 0 Å². The molecule has 1 rings (SSSR count). The van der Waals surface area contributed by atoms with Gasteiger partial charge in [-0.15, -0.1) is 0 Å². The minimum Gasteiger partial charge on any atom is -0.298 e. The fourth-order valence-corrected chi connectivity index (χ4v) is 1.55. The highest BCUT2D eigenvalue weighted by molar-refractivity contribution is 6.31. The van der Waals surface area contributed by atoms with Crippen LogP contribution >= 0.6 is 11.6 Å². The SMILES string of the molecule is CC(CC#N)N(C)Cc1cc(F)ccc1Cl. The molecule has 0 amide bonds. The molecule has 0 N–H and O–H groups in total. The minimum atomic E-state index is -0.291. The van der Waals surface area contributed by atoms with Crippen LogP contribution in [-0.2, 0) is 6.54 Å². The van der Waals surface area contributed by atoms with Crippen molar-refractivity contribution in [1.29, 1.82) is 5.26 Å². The maximum absolute atomic E-state index is 13.0. The molecule has 2 nitrogen and oxygen atoms in total. The van der Waals surface area contributed by atoms with E-state index < -0.39 is 0 Å². The van der Waals surface area contributed by atoms with E-state index in [1.807, 2.05) is 18.9 Å². The van der Waals surface area contributed by atoms with Crippen molar-refractivity contribution >= 4 is 11.6 Å². The van der Waals surface area contributed by atoms with Crippen molar-refractivity contribution in [3.63, 3.8) is 0 Å². The molecule has 0 aromatic heterocycles. The minimum absolute atomic E-state index is 0.129. The van der Waals surface area contributed by atoms with Crippen LogP contribution in [0.3, 0.4) is 0 Å². The highest BCUT2D eigenvalue weighted by Gasteiger charge is 2.11. The summed E-state index contributed by atoms with van der Waals surface area (Å²) in [4.78, 5) is 1.98. The van der Waals surface area contributed by atoms with E-state index in [2.05, 4.69) is 6.07 Å². The van der Waals surface area contributed by atoms with Crippen LogP contribution in [0, 0.1) is 17.1 Å². The molecule has 0 heterocycles. The molecule has 0 saturated carbocycles. The van der Waals surface area contributed by atoms with Gasteiger partial charge in [-0.2, -0.15) is 5.26 Å². The van der Waals surface area contributed by atoms with E-state index in [4.69, 9.17) is 16.9 Å². The van der Waals surface area contributed by atoms with Gasteiger partial charge in [-0.3, -0.25) is 4.90 Å². The predicted molar refractivity (Wildman–Crippen MR) is 62.6 cm³/mol. The summed E-state index contributed by atoms with van der Waals surface area (Å²) >= 11 is 5.96. The Balaban J connectivity index is 2.73. The molecule has 0 bridgehead atoms. The maximum Gasteiger partial charge on any atom is 0.123 e. The van der Waals surface area contributed by atoms with E-state index in [0.29, 0.717) is 18.0 Å². The first-order chi connectivity index (χ1) is 7.54. The number of benzene rings is 1. The van der Waals surface area contributed by atoms with Crippen LogP contribution in [0.4, 0.5) is 4.39 Å². The Morgan fingerprint density at radius 1 is 1.56 bits per heavy atom. The van der Waals surface area contributed by atoms with Crippen LogP contribution in [0.2, 0.25) is 5.02 Å². The van der Waals surface area contributed by atoms with Crippen molar-refractivity contribution in [3.8, 4) is 6.07 Å². The smallest absolute Gasteiger partial charge is 0.123 e. The zero-order valence-corrected chi connectivity index (χ0v) is 10.1. The van der Waals surface area contributed by atoms with Crippen LogP contribution in [-0.4, -0.2) is 18.0 Å². The average Bonchev–Trinajstić information content (AvgIpc) is 2.23. The Labute approximate surface area is 100 Å². The van der Waals surface area contributed by atoms with E-state index >= 15 is 0 Å². The quantitative estimate of drug-likeness (QED) is 0.808. The van der Waals surface area contributed by atoms with Gasteiger partial charge in [-0.05, 0) is 37.7 Å². The highest BCUT2D eigenvalue weighted by atomic mass is 35.5. The third-order valence-electron chi connectivity index (χ3n) is 2.57. The van der Waals surface area contributed by atoms with Crippen molar-refractivity contribution in [1.82, 2.24) is 4.90 Å². The largest absolute Gasteiger partial charge is 0.298 e. The summed E-state index contributed by atoms with van der Waals surface area (Å²) in [7, 11) is 1.89. The molecule has 1 unspecified atom stereocenters. The molecule has 0 aliphatic rings. The molecular weight excluding hydrogens is 227 g/mol. The lowest BCUT2D eigenvalue weighted by Crippen LogP contribution is -2.28. The molecule has 1 atom stereocenters. The van der Waals surface area contributed by atoms with Gasteiger partial charge in [0.2, 0.25) is 0 Å². The van der Waals surface area contributed by atoms with Gasteiger partial charge in [0.15, 0.2) is 0 Å². The van der Waals surface area contributed by atoms with Gasteiger partial charge in [-0.1, -0.05) is 11.6 Å². The number of nitriles is 1.